The molecule has 1 fully saturated rings. The van der Waals surface area contributed by atoms with Crippen LogP contribution in [0, 0.1) is 17.8 Å². The van der Waals surface area contributed by atoms with Crippen LogP contribution in [0.4, 0.5) is 0 Å². The third kappa shape index (κ3) is 10.7. The number of hydrogen-bond acceptors (Lipinski definition) is 13. The Bertz CT molecular complexity index is 1380. The van der Waals surface area contributed by atoms with Crippen LogP contribution >= 0.6 is 0 Å². The second-order valence-electron chi connectivity index (χ2n) is 11.4. The lowest BCUT2D eigenvalue weighted by Crippen LogP contribution is -2.47. The van der Waals surface area contributed by atoms with Gasteiger partial charge in [0, 0.05) is 18.9 Å². The van der Waals surface area contributed by atoms with Crippen LogP contribution in [0.15, 0.2) is 42.6 Å². The van der Waals surface area contributed by atoms with Gasteiger partial charge in [0.2, 0.25) is 6.79 Å². The molecule has 47 heavy (non-hydrogen) atoms. The molecule has 0 bridgehead atoms. The number of nitrogens with zero attached hydrogens (tertiary/aromatic N) is 1. The van der Waals surface area contributed by atoms with Crippen LogP contribution in [-0.2, 0) is 49.5 Å². The van der Waals surface area contributed by atoms with Crippen LogP contribution < -0.4 is 14.8 Å². The number of amides is 1. The molecule has 14 heteroatoms. The van der Waals surface area contributed by atoms with Gasteiger partial charge in [0.25, 0.3) is 5.91 Å². The fourth-order valence-electron chi connectivity index (χ4n) is 4.37. The van der Waals surface area contributed by atoms with E-state index >= 15 is 0 Å². The topological polar surface area (TPSA) is 175 Å². The number of pyridine rings is 1. The van der Waals surface area contributed by atoms with Gasteiger partial charge in [0.15, 0.2) is 29.3 Å². The van der Waals surface area contributed by atoms with Crippen LogP contribution in [-0.4, -0.2) is 80.1 Å². The van der Waals surface area contributed by atoms with E-state index in [1.807, 2.05) is 30.3 Å². The van der Waals surface area contributed by atoms with Gasteiger partial charge in [0.05, 0.1) is 31.5 Å². The van der Waals surface area contributed by atoms with E-state index in [-0.39, 0.29) is 30.2 Å². The fourth-order valence-corrected chi connectivity index (χ4v) is 4.37. The third-order valence-corrected chi connectivity index (χ3v) is 7.03. The molecular weight excluding hydrogens is 616 g/mol. The van der Waals surface area contributed by atoms with Crippen molar-refractivity contribution < 1.29 is 57.1 Å². The molecule has 4 atom stereocenters. The molecule has 3 rings (SSSR count). The van der Waals surface area contributed by atoms with Crippen molar-refractivity contribution in [2.45, 2.75) is 65.9 Å². The lowest BCUT2D eigenvalue weighted by atomic mass is 9.94. The first-order valence-corrected chi connectivity index (χ1v) is 15.2. The van der Waals surface area contributed by atoms with Gasteiger partial charge >= 0.3 is 23.9 Å². The average Bonchev–Trinajstić information content (AvgIpc) is 3.08. The maximum atomic E-state index is 13.4. The number of hydrogen-bond donors (Lipinski definition) is 1. The summed E-state index contributed by atoms with van der Waals surface area (Å²) in [6.07, 6.45) is -0.914. The lowest BCUT2D eigenvalue weighted by molar-refractivity contribution is -0.177. The molecule has 1 aromatic carbocycles. The summed E-state index contributed by atoms with van der Waals surface area (Å²) < 4.78 is 38.4. The summed E-state index contributed by atoms with van der Waals surface area (Å²) in [7, 11) is 1.34. The van der Waals surface area contributed by atoms with Crippen LogP contribution in [0.3, 0.4) is 0 Å². The SMILES string of the molecule is COc1ccnc(C(=O)NC2COC(=O)C(CCOCc3ccccc3)C(OC(=O)C(C)C)C(C)OC2=O)c1OCOC(=O)C(C)C. The number of ether oxygens (including phenoxy) is 7. The summed E-state index contributed by atoms with van der Waals surface area (Å²) in [6, 6.07) is 9.40. The second kappa shape index (κ2) is 17.8. The van der Waals surface area contributed by atoms with E-state index in [0.29, 0.717) is 6.61 Å². The van der Waals surface area contributed by atoms with Crippen LogP contribution in [0.5, 0.6) is 11.5 Å². The number of aromatic nitrogens is 1. The highest BCUT2D eigenvalue weighted by atomic mass is 16.7. The molecule has 0 spiro atoms. The molecule has 2 aromatic rings. The van der Waals surface area contributed by atoms with Crippen molar-refractivity contribution in [3.05, 3.63) is 53.9 Å². The summed E-state index contributed by atoms with van der Waals surface area (Å²) in [6.45, 7) is 7.33. The standard InChI is InChI=1S/C33H42N2O12/c1-19(2)30(37)45-18-44-28-25(41-6)12-14-34-26(28)29(36)35-24-17-43-32(39)23(13-15-42-16-22-10-8-7-9-11-22)27(21(5)46-33(24)40)47-31(38)20(3)4/h7-12,14,19-21,23-24,27H,13,15-18H2,1-6H3,(H,35,36). The minimum Gasteiger partial charge on any atom is -0.493 e. The molecule has 1 aromatic heterocycles. The molecule has 1 aliphatic rings. The van der Waals surface area contributed by atoms with E-state index in [1.54, 1.807) is 27.7 Å². The zero-order chi connectivity index (χ0) is 34.5. The number of carbonyl (C=O) groups excluding carboxylic acids is 5. The number of cyclic esters (lactones) is 2. The Labute approximate surface area is 273 Å². The van der Waals surface area contributed by atoms with Gasteiger partial charge in [-0.2, -0.15) is 0 Å². The Kier molecular flexibility index (Phi) is 13.9. The zero-order valence-corrected chi connectivity index (χ0v) is 27.4. The number of carbonyl (C=O) groups is 5. The minimum atomic E-state index is -1.47. The van der Waals surface area contributed by atoms with E-state index in [4.69, 9.17) is 33.2 Å². The highest BCUT2D eigenvalue weighted by Gasteiger charge is 2.42. The minimum absolute atomic E-state index is 0.0937. The molecule has 0 aliphatic carbocycles. The first-order valence-electron chi connectivity index (χ1n) is 15.2. The summed E-state index contributed by atoms with van der Waals surface area (Å²) in [5, 5.41) is 2.46. The molecular formula is C33H42N2O12. The normalized spacial score (nSPS) is 19.8. The number of benzene rings is 1. The van der Waals surface area contributed by atoms with E-state index < -0.39 is 79.2 Å². The quantitative estimate of drug-likeness (QED) is 0.136. The molecule has 2 heterocycles. The van der Waals surface area contributed by atoms with Gasteiger partial charge in [-0.25, -0.2) is 9.78 Å². The first-order chi connectivity index (χ1) is 22.4. The molecule has 1 N–H and O–H groups in total. The molecule has 4 unspecified atom stereocenters. The van der Waals surface area contributed by atoms with E-state index in [0.717, 1.165) is 5.56 Å². The lowest BCUT2D eigenvalue weighted by Gasteiger charge is -2.29. The monoisotopic (exact) mass is 658 g/mol. The molecule has 1 aliphatic heterocycles. The number of nitrogens with one attached hydrogen (secondary N) is 1. The van der Waals surface area contributed by atoms with Crippen molar-refractivity contribution in [3.8, 4) is 11.5 Å². The average molecular weight is 659 g/mol. The second-order valence-corrected chi connectivity index (χ2v) is 11.4. The van der Waals surface area contributed by atoms with E-state index in [2.05, 4.69) is 10.3 Å². The van der Waals surface area contributed by atoms with Gasteiger partial charge < -0.3 is 38.5 Å². The number of rotatable bonds is 14. The van der Waals surface area contributed by atoms with Gasteiger partial charge in [-0.15, -0.1) is 0 Å². The smallest absolute Gasteiger partial charge is 0.332 e. The highest BCUT2D eigenvalue weighted by Crippen LogP contribution is 2.30. The predicted molar refractivity (Wildman–Crippen MR) is 164 cm³/mol. The van der Waals surface area contributed by atoms with Gasteiger partial charge in [-0.1, -0.05) is 58.0 Å². The first kappa shape index (κ1) is 36.7. The molecule has 1 saturated heterocycles. The Morgan fingerprint density at radius 1 is 1.00 bits per heavy atom. The maximum Gasteiger partial charge on any atom is 0.332 e. The third-order valence-electron chi connectivity index (χ3n) is 7.03. The van der Waals surface area contributed by atoms with Crippen molar-refractivity contribution in [2.75, 3.05) is 27.1 Å². The summed E-state index contributed by atoms with van der Waals surface area (Å²) in [5.41, 5.74) is 0.637. The van der Waals surface area contributed by atoms with Gasteiger partial charge in [0.1, 0.15) is 12.7 Å². The fraction of sp³-hybridized carbons (Fsp3) is 0.515. The predicted octanol–water partition coefficient (Wildman–Crippen LogP) is 3.00. The molecule has 1 amide bonds. The van der Waals surface area contributed by atoms with Crippen molar-refractivity contribution in [1.29, 1.82) is 0 Å². The molecule has 0 saturated carbocycles. The van der Waals surface area contributed by atoms with Crippen molar-refractivity contribution >= 4 is 29.8 Å². The molecule has 14 nitrogen and oxygen atoms in total. The van der Waals surface area contributed by atoms with Crippen LogP contribution in [0.2, 0.25) is 0 Å². The van der Waals surface area contributed by atoms with E-state index in [9.17, 15) is 24.0 Å². The summed E-state index contributed by atoms with van der Waals surface area (Å²) >= 11 is 0. The Morgan fingerprint density at radius 2 is 1.70 bits per heavy atom. The highest BCUT2D eigenvalue weighted by molar-refractivity contribution is 5.98. The molecule has 0 radical (unpaired) electrons. The van der Waals surface area contributed by atoms with Crippen molar-refractivity contribution in [1.82, 2.24) is 10.3 Å². The molecule has 256 valence electrons. The summed E-state index contributed by atoms with van der Waals surface area (Å²) in [4.78, 5) is 68.6. The van der Waals surface area contributed by atoms with Crippen molar-refractivity contribution in [2.24, 2.45) is 17.8 Å². The van der Waals surface area contributed by atoms with Crippen LogP contribution in [0.1, 0.15) is 57.1 Å². The zero-order valence-electron chi connectivity index (χ0n) is 27.4. The largest absolute Gasteiger partial charge is 0.493 e. The van der Waals surface area contributed by atoms with Crippen LogP contribution in [0.25, 0.3) is 0 Å². The Morgan fingerprint density at radius 3 is 2.36 bits per heavy atom. The maximum absolute atomic E-state index is 13.4. The van der Waals surface area contributed by atoms with Gasteiger partial charge in [-0.3, -0.25) is 19.2 Å². The number of esters is 4. The Hall–Kier alpha value is -4.72. The van der Waals surface area contributed by atoms with Gasteiger partial charge in [-0.05, 0) is 18.9 Å². The van der Waals surface area contributed by atoms with E-state index in [1.165, 1.54) is 26.3 Å². The summed E-state index contributed by atoms with van der Waals surface area (Å²) in [5.74, 6) is -5.75. The van der Waals surface area contributed by atoms with Crippen molar-refractivity contribution in [3.63, 3.8) is 0 Å². The number of methoxy groups -OCH3 is 1. The Balaban J connectivity index is 1.78.